The van der Waals surface area contributed by atoms with Gasteiger partial charge in [-0.15, -0.1) is 0 Å². The molecule has 0 spiro atoms. The van der Waals surface area contributed by atoms with Crippen LogP contribution >= 0.6 is 0 Å². The van der Waals surface area contributed by atoms with Crippen molar-refractivity contribution in [1.82, 2.24) is 25.8 Å². The summed E-state index contributed by atoms with van der Waals surface area (Å²) in [6.45, 7) is 7.12. The number of likely N-dealkylation sites (tertiary alicyclic amines) is 1. The summed E-state index contributed by atoms with van der Waals surface area (Å²) in [6.07, 6.45) is 6.33. The molecule has 3 rings (SSSR count). The number of aliphatic imine (C=N–C) groups is 1. The zero-order valence-electron chi connectivity index (χ0n) is 16.9. The lowest BCUT2D eigenvalue weighted by molar-refractivity contribution is -0.130. The first kappa shape index (κ1) is 19.9. The number of guanidine groups is 1. The monoisotopic (exact) mass is 378 g/mol. The highest BCUT2D eigenvalue weighted by Gasteiger charge is 2.45. The van der Waals surface area contributed by atoms with Gasteiger partial charge in [0.2, 0.25) is 0 Å². The first-order valence-corrected chi connectivity index (χ1v) is 10.3. The third-order valence-corrected chi connectivity index (χ3v) is 6.06. The molecule has 152 valence electrons. The van der Waals surface area contributed by atoms with E-state index in [0.717, 1.165) is 24.8 Å². The molecule has 0 aromatic rings. The molecule has 1 unspecified atom stereocenters. The number of hydrogen-bond acceptors (Lipinski definition) is 4. The van der Waals surface area contributed by atoms with Crippen LogP contribution in [-0.2, 0) is 4.79 Å². The van der Waals surface area contributed by atoms with E-state index < -0.39 is 5.54 Å². The molecule has 0 bridgehead atoms. The number of rotatable bonds is 7. The molecule has 0 aromatic heterocycles. The minimum atomic E-state index is -0.753. The van der Waals surface area contributed by atoms with Crippen LogP contribution in [0, 0.1) is 0 Å². The lowest BCUT2D eigenvalue weighted by atomic mass is 9.99. The van der Waals surface area contributed by atoms with Crippen molar-refractivity contribution in [3.8, 4) is 0 Å². The van der Waals surface area contributed by atoms with Crippen LogP contribution in [0.15, 0.2) is 4.99 Å². The Balaban J connectivity index is 1.35. The molecule has 3 amide bonds. The summed E-state index contributed by atoms with van der Waals surface area (Å²) in [4.78, 5) is 32.6. The number of carbonyl (C=O) groups is 2. The van der Waals surface area contributed by atoms with Gasteiger partial charge in [0, 0.05) is 45.3 Å². The van der Waals surface area contributed by atoms with Crippen molar-refractivity contribution in [2.45, 2.75) is 70.0 Å². The molecular formula is C19H34N6O2. The topological polar surface area (TPSA) is 89.1 Å². The van der Waals surface area contributed by atoms with E-state index in [0.29, 0.717) is 32.0 Å². The molecule has 3 N–H and O–H groups in total. The summed E-state index contributed by atoms with van der Waals surface area (Å²) >= 11 is 0. The lowest BCUT2D eigenvalue weighted by Gasteiger charge is -2.33. The standard InChI is InChI=1S/C19H34N6O2/c1-4-19(2)16(26)25(18(27)23-19)11-5-10-21-17(20-3)22-14-8-12-24(13-9-14)15-6-7-15/h14-15H,4-13H2,1-3H3,(H,23,27)(H2,20,21,22). The third-order valence-electron chi connectivity index (χ3n) is 6.06. The minimum absolute atomic E-state index is 0.125. The summed E-state index contributed by atoms with van der Waals surface area (Å²) in [7, 11) is 1.78. The van der Waals surface area contributed by atoms with Crippen LogP contribution in [0.1, 0.15) is 52.4 Å². The second kappa shape index (κ2) is 8.46. The molecule has 1 atom stereocenters. The number of hydrogen-bond donors (Lipinski definition) is 3. The van der Waals surface area contributed by atoms with Gasteiger partial charge in [0.1, 0.15) is 5.54 Å². The van der Waals surface area contributed by atoms with Crippen LogP contribution in [0.2, 0.25) is 0 Å². The molecule has 0 aromatic carbocycles. The van der Waals surface area contributed by atoms with E-state index in [1.165, 1.54) is 30.8 Å². The van der Waals surface area contributed by atoms with Gasteiger partial charge < -0.3 is 20.9 Å². The van der Waals surface area contributed by atoms with E-state index >= 15 is 0 Å². The van der Waals surface area contributed by atoms with Gasteiger partial charge >= 0.3 is 6.03 Å². The van der Waals surface area contributed by atoms with Gasteiger partial charge in [-0.25, -0.2) is 4.79 Å². The van der Waals surface area contributed by atoms with E-state index in [4.69, 9.17) is 0 Å². The van der Waals surface area contributed by atoms with E-state index in [-0.39, 0.29) is 11.9 Å². The fraction of sp³-hybridized carbons (Fsp3) is 0.842. The molecule has 8 nitrogen and oxygen atoms in total. The second-order valence-electron chi connectivity index (χ2n) is 8.11. The highest BCUT2D eigenvalue weighted by Crippen LogP contribution is 2.29. The number of nitrogens with zero attached hydrogens (tertiary/aromatic N) is 3. The molecule has 1 aliphatic carbocycles. The van der Waals surface area contributed by atoms with Gasteiger partial charge in [-0.1, -0.05) is 6.92 Å². The van der Waals surface area contributed by atoms with Crippen molar-refractivity contribution < 1.29 is 9.59 Å². The molecule has 3 fully saturated rings. The number of piperidine rings is 1. The van der Waals surface area contributed by atoms with Gasteiger partial charge in [-0.05, 0) is 45.4 Å². The average molecular weight is 379 g/mol. The van der Waals surface area contributed by atoms with Gasteiger partial charge in [0.15, 0.2) is 5.96 Å². The zero-order valence-corrected chi connectivity index (χ0v) is 16.9. The highest BCUT2D eigenvalue weighted by atomic mass is 16.2. The minimum Gasteiger partial charge on any atom is -0.356 e. The Kier molecular flexibility index (Phi) is 6.24. The second-order valence-corrected chi connectivity index (χ2v) is 8.11. The fourth-order valence-corrected chi connectivity index (χ4v) is 3.87. The molecule has 2 saturated heterocycles. The van der Waals surface area contributed by atoms with E-state index in [2.05, 4.69) is 25.8 Å². The number of carbonyl (C=O) groups excluding carboxylic acids is 2. The van der Waals surface area contributed by atoms with Crippen molar-refractivity contribution in [3.05, 3.63) is 0 Å². The van der Waals surface area contributed by atoms with Crippen LogP contribution in [0.25, 0.3) is 0 Å². The molecular weight excluding hydrogens is 344 g/mol. The summed E-state index contributed by atoms with van der Waals surface area (Å²) in [5, 5.41) is 9.60. The third kappa shape index (κ3) is 4.72. The van der Waals surface area contributed by atoms with Crippen molar-refractivity contribution in [1.29, 1.82) is 0 Å². The predicted octanol–water partition coefficient (Wildman–Crippen LogP) is 0.889. The Morgan fingerprint density at radius 1 is 1.26 bits per heavy atom. The number of nitrogens with one attached hydrogen (secondary N) is 3. The molecule has 0 radical (unpaired) electrons. The van der Waals surface area contributed by atoms with Crippen LogP contribution < -0.4 is 16.0 Å². The maximum absolute atomic E-state index is 12.4. The molecule has 1 saturated carbocycles. The van der Waals surface area contributed by atoms with Gasteiger partial charge in [-0.3, -0.25) is 14.7 Å². The summed E-state index contributed by atoms with van der Waals surface area (Å²) < 4.78 is 0. The summed E-state index contributed by atoms with van der Waals surface area (Å²) in [5.41, 5.74) is -0.753. The van der Waals surface area contributed by atoms with Crippen LogP contribution in [-0.4, -0.2) is 78.5 Å². The fourth-order valence-electron chi connectivity index (χ4n) is 3.87. The van der Waals surface area contributed by atoms with E-state index in [1.807, 2.05) is 6.92 Å². The molecule has 27 heavy (non-hydrogen) atoms. The Bertz CT molecular complexity index is 583. The number of amides is 3. The zero-order chi connectivity index (χ0) is 19.4. The van der Waals surface area contributed by atoms with Crippen molar-refractivity contribution >= 4 is 17.9 Å². The summed E-state index contributed by atoms with van der Waals surface area (Å²) in [6, 6.07) is 1.03. The largest absolute Gasteiger partial charge is 0.356 e. The lowest BCUT2D eigenvalue weighted by Crippen LogP contribution is -2.49. The van der Waals surface area contributed by atoms with Crippen LogP contribution in [0.5, 0.6) is 0 Å². The maximum Gasteiger partial charge on any atom is 0.325 e. The molecule has 3 aliphatic rings. The highest BCUT2D eigenvalue weighted by molar-refractivity contribution is 6.06. The Labute approximate surface area is 162 Å². The van der Waals surface area contributed by atoms with Crippen LogP contribution in [0.4, 0.5) is 4.79 Å². The smallest absolute Gasteiger partial charge is 0.325 e. The average Bonchev–Trinajstić information content (AvgIpc) is 3.49. The van der Waals surface area contributed by atoms with Crippen molar-refractivity contribution in [2.24, 2.45) is 4.99 Å². The Morgan fingerprint density at radius 2 is 1.96 bits per heavy atom. The molecule has 8 heteroatoms. The Morgan fingerprint density at radius 3 is 2.52 bits per heavy atom. The normalized spacial score (nSPS) is 27.8. The van der Waals surface area contributed by atoms with Gasteiger partial charge in [0.25, 0.3) is 5.91 Å². The first-order chi connectivity index (χ1) is 13.0. The molecule has 2 aliphatic heterocycles. The van der Waals surface area contributed by atoms with Gasteiger partial charge in [-0.2, -0.15) is 0 Å². The predicted molar refractivity (Wildman–Crippen MR) is 106 cm³/mol. The number of imide groups is 1. The summed E-state index contributed by atoms with van der Waals surface area (Å²) in [5.74, 6) is 0.676. The molecule has 2 heterocycles. The SMILES string of the molecule is CCC1(C)NC(=O)N(CCCNC(=NC)NC2CCN(C3CC3)CC2)C1=O. The number of urea groups is 1. The Hall–Kier alpha value is -1.83. The first-order valence-electron chi connectivity index (χ1n) is 10.3. The van der Waals surface area contributed by atoms with Crippen LogP contribution in [0.3, 0.4) is 0 Å². The van der Waals surface area contributed by atoms with E-state index in [9.17, 15) is 9.59 Å². The van der Waals surface area contributed by atoms with Crippen molar-refractivity contribution in [3.63, 3.8) is 0 Å². The van der Waals surface area contributed by atoms with Crippen molar-refractivity contribution in [2.75, 3.05) is 33.2 Å². The quantitative estimate of drug-likeness (QED) is 0.265. The maximum atomic E-state index is 12.4. The van der Waals surface area contributed by atoms with E-state index in [1.54, 1.807) is 14.0 Å². The van der Waals surface area contributed by atoms with Gasteiger partial charge in [0.05, 0.1) is 0 Å².